The Hall–Kier alpha value is -1.95. The van der Waals surface area contributed by atoms with Crippen LogP contribution in [0.5, 0.6) is 0 Å². The van der Waals surface area contributed by atoms with E-state index in [4.69, 9.17) is 11.2 Å². The number of hydrogen-bond donors (Lipinski definition) is 1. The molecule has 19 heavy (non-hydrogen) atoms. The number of alkyl carbamates (subject to hydrolysis) is 1. The molecule has 3 heteroatoms. The van der Waals surface area contributed by atoms with Crippen LogP contribution < -0.4 is 5.32 Å². The van der Waals surface area contributed by atoms with Crippen molar-refractivity contribution >= 4 is 6.09 Å². The Morgan fingerprint density at radius 1 is 1.37 bits per heavy atom. The lowest BCUT2D eigenvalue weighted by atomic mass is 10.1. The van der Waals surface area contributed by atoms with Gasteiger partial charge in [0.05, 0.1) is 6.04 Å². The molecule has 0 saturated heterocycles. The molecule has 0 radical (unpaired) electrons. The summed E-state index contributed by atoms with van der Waals surface area (Å²) in [5.41, 5.74) is 0.691. The number of hydrogen-bond acceptors (Lipinski definition) is 2. The average molecular weight is 259 g/mol. The normalized spacial score (nSPS) is 12.3. The maximum atomic E-state index is 11.6. The molecule has 1 aromatic rings. The van der Waals surface area contributed by atoms with Crippen LogP contribution in [0.4, 0.5) is 4.79 Å². The molecule has 0 aromatic heterocycles. The fraction of sp³-hybridized carbons (Fsp3) is 0.438. The smallest absolute Gasteiger partial charge is 0.408 e. The van der Waals surface area contributed by atoms with Gasteiger partial charge in [0.2, 0.25) is 0 Å². The van der Waals surface area contributed by atoms with E-state index in [2.05, 4.69) is 11.2 Å². The van der Waals surface area contributed by atoms with Gasteiger partial charge in [-0.2, -0.15) is 0 Å². The van der Waals surface area contributed by atoms with Crippen molar-refractivity contribution in [2.45, 2.75) is 45.3 Å². The van der Waals surface area contributed by atoms with E-state index in [-0.39, 0.29) is 6.04 Å². The van der Waals surface area contributed by atoms with Crippen molar-refractivity contribution in [1.82, 2.24) is 5.32 Å². The van der Waals surface area contributed by atoms with Crippen molar-refractivity contribution in [2.75, 3.05) is 0 Å². The van der Waals surface area contributed by atoms with Crippen LogP contribution in [0.2, 0.25) is 0 Å². The van der Waals surface area contributed by atoms with Crippen LogP contribution in [0, 0.1) is 12.3 Å². The number of aryl methyl sites for hydroxylation is 1. The highest BCUT2D eigenvalue weighted by molar-refractivity contribution is 5.68. The number of carbonyl (C=O) groups is 1. The molecular weight excluding hydrogens is 238 g/mol. The number of benzene rings is 1. The largest absolute Gasteiger partial charge is 0.444 e. The SMILES string of the molecule is C#CC(CCc1ccccc1)NC(=O)OC(C)(C)C. The molecule has 0 saturated carbocycles. The molecule has 1 amide bonds. The van der Waals surface area contributed by atoms with Crippen LogP contribution in [-0.2, 0) is 11.2 Å². The first-order chi connectivity index (χ1) is 8.90. The van der Waals surface area contributed by atoms with Gasteiger partial charge in [0.15, 0.2) is 0 Å². The van der Waals surface area contributed by atoms with Crippen LogP contribution in [0.25, 0.3) is 0 Å². The van der Waals surface area contributed by atoms with Crippen molar-refractivity contribution in [1.29, 1.82) is 0 Å². The van der Waals surface area contributed by atoms with E-state index < -0.39 is 11.7 Å². The van der Waals surface area contributed by atoms with Gasteiger partial charge < -0.3 is 10.1 Å². The van der Waals surface area contributed by atoms with Crippen LogP contribution in [0.3, 0.4) is 0 Å². The Morgan fingerprint density at radius 2 is 2.00 bits per heavy atom. The molecule has 1 N–H and O–H groups in total. The standard InChI is InChI=1S/C16H21NO2/c1-5-14(17-15(18)19-16(2,3)4)12-11-13-9-7-6-8-10-13/h1,6-10,14H,11-12H2,2-4H3,(H,17,18). The lowest BCUT2D eigenvalue weighted by molar-refractivity contribution is 0.0514. The van der Waals surface area contributed by atoms with Crippen LogP contribution in [0.15, 0.2) is 30.3 Å². The van der Waals surface area contributed by atoms with Crippen LogP contribution in [-0.4, -0.2) is 17.7 Å². The zero-order valence-corrected chi connectivity index (χ0v) is 11.8. The van der Waals surface area contributed by atoms with E-state index in [1.807, 2.05) is 51.1 Å². The fourth-order valence-corrected chi connectivity index (χ4v) is 1.60. The number of ether oxygens (including phenoxy) is 1. The highest BCUT2D eigenvalue weighted by Gasteiger charge is 2.18. The Labute approximate surface area is 115 Å². The number of terminal acetylenes is 1. The summed E-state index contributed by atoms with van der Waals surface area (Å²) in [5.74, 6) is 2.58. The van der Waals surface area contributed by atoms with E-state index in [0.29, 0.717) is 6.42 Å². The minimum atomic E-state index is -0.511. The summed E-state index contributed by atoms with van der Waals surface area (Å²) >= 11 is 0. The lowest BCUT2D eigenvalue weighted by Crippen LogP contribution is -2.38. The van der Waals surface area contributed by atoms with Crippen molar-refractivity contribution in [3.05, 3.63) is 35.9 Å². The maximum absolute atomic E-state index is 11.6. The van der Waals surface area contributed by atoms with Gasteiger partial charge in [-0.15, -0.1) is 6.42 Å². The van der Waals surface area contributed by atoms with Gasteiger partial charge in [0.1, 0.15) is 5.60 Å². The number of nitrogens with one attached hydrogen (secondary N) is 1. The highest BCUT2D eigenvalue weighted by Crippen LogP contribution is 2.08. The van der Waals surface area contributed by atoms with Crippen LogP contribution in [0.1, 0.15) is 32.8 Å². The third-order valence-corrected chi connectivity index (χ3v) is 2.46. The second-order valence-electron chi connectivity index (χ2n) is 5.39. The topological polar surface area (TPSA) is 38.3 Å². The molecule has 0 aliphatic carbocycles. The van der Waals surface area contributed by atoms with Gasteiger partial charge in [-0.05, 0) is 39.2 Å². The summed E-state index contributed by atoms with van der Waals surface area (Å²) < 4.78 is 5.18. The van der Waals surface area contributed by atoms with Gasteiger partial charge >= 0.3 is 6.09 Å². The quantitative estimate of drug-likeness (QED) is 0.844. The van der Waals surface area contributed by atoms with Crippen molar-refractivity contribution in [3.8, 4) is 12.3 Å². The lowest BCUT2D eigenvalue weighted by Gasteiger charge is -2.21. The average Bonchev–Trinajstić information content (AvgIpc) is 2.33. The number of amides is 1. The molecule has 0 fully saturated rings. The van der Waals surface area contributed by atoms with Gasteiger partial charge in [-0.1, -0.05) is 36.3 Å². The molecule has 0 spiro atoms. The molecule has 0 heterocycles. The minimum Gasteiger partial charge on any atom is -0.444 e. The van der Waals surface area contributed by atoms with Crippen molar-refractivity contribution in [3.63, 3.8) is 0 Å². The highest BCUT2D eigenvalue weighted by atomic mass is 16.6. The zero-order chi connectivity index (χ0) is 14.3. The molecule has 1 atom stereocenters. The second-order valence-corrected chi connectivity index (χ2v) is 5.39. The fourth-order valence-electron chi connectivity index (χ4n) is 1.60. The Morgan fingerprint density at radius 3 is 2.53 bits per heavy atom. The predicted octanol–water partition coefficient (Wildman–Crippen LogP) is 3.15. The second kappa shape index (κ2) is 6.84. The molecule has 102 valence electrons. The first-order valence-electron chi connectivity index (χ1n) is 6.40. The summed E-state index contributed by atoms with van der Waals surface area (Å²) in [6.07, 6.45) is 6.48. The van der Waals surface area contributed by atoms with Gasteiger partial charge in [-0.3, -0.25) is 0 Å². The van der Waals surface area contributed by atoms with E-state index in [1.165, 1.54) is 5.56 Å². The summed E-state index contributed by atoms with van der Waals surface area (Å²) in [6.45, 7) is 5.46. The van der Waals surface area contributed by atoms with E-state index in [9.17, 15) is 4.79 Å². The minimum absolute atomic E-state index is 0.310. The van der Waals surface area contributed by atoms with Gasteiger partial charge in [-0.25, -0.2) is 4.79 Å². The monoisotopic (exact) mass is 259 g/mol. The third kappa shape index (κ3) is 6.52. The zero-order valence-electron chi connectivity index (χ0n) is 11.8. The van der Waals surface area contributed by atoms with Gasteiger partial charge in [0, 0.05) is 0 Å². The molecule has 1 rings (SSSR count). The number of rotatable bonds is 4. The first-order valence-corrected chi connectivity index (χ1v) is 6.40. The first kappa shape index (κ1) is 15.1. The van der Waals surface area contributed by atoms with Crippen molar-refractivity contribution in [2.24, 2.45) is 0 Å². The Bertz CT molecular complexity index is 440. The summed E-state index contributed by atoms with van der Waals surface area (Å²) in [7, 11) is 0. The maximum Gasteiger partial charge on any atom is 0.408 e. The third-order valence-electron chi connectivity index (χ3n) is 2.46. The summed E-state index contributed by atoms with van der Waals surface area (Å²) in [4.78, 5) is 11.6. The Kier molecular flexibility index (Phi) is 5.44. The molecule has 0 bridgehead atoms. The molecular formula is C16H21NO2. The van der Waals surface area contributed by atoms with Crippen LogP contribution >= 0.6 is 0 Å². The molecule has 1 unspecified atom stereocenters. The molecule has 0 aliphatic heterocycles. The van der Waals surface area contributed by atoms with E-state index >= 15 is 0 Å². The van der Waals surface area contributed by atoms with Gasteiger partial charge in [0.25, 0.3) is 0 Å². The molecule has 0 aliphatic rings. The molecule has 1 aromatic carbocycles. The van der Waals surface area contributed by atoms with E-state index in [0.717, 1.165) is 6.42 Å². The molecule has 3 nitrogen and oxygen atoms in total. The summed E-state index contributed by atoms with van der Waals surface area (Å²) in [5, 5.41) is 2.70. The number of carbonyl (C=O) groups excluding carboxylic acids is 1. The van der Waals surface area contributed by atoms with Crippen molar-refractivity contribution < 1.29 is 9.53 Å². The summed E-state index contributed by atoms with van der Waals surface area (Å²) in [6, 6.07) is 9.72. The van der Waals surface area contributed by atoms with E-state index in [1.54, 1.807) is 0 Å². The Balaban J connectivity index is 2.43. The predicted molar refractivity (Wildman–Crippen MR) is 76.8 cm³/mol.